The highest BCUT2D eigenvalue weighted by atomic mass is 19.1. The van der Waals surface area contributed by atoms with E-state index in [1.807, 2.05) is 25.3 Å². The number of amides is 3. The van der Waals surface area contributed by atoms with E-state index in [-0.39, 0.29) is 12.3 Å². The van der Waals surface area contributed by atoms with Crippen molar-refractivity contribution in [2.75, 3.05) is 6.54 Å². The molecule has 1 aromatic carbocycles. The maximum atomic E-state index is 13.5. The number of nitrogens with one attached hydrogen (secondary N) is 1. The number of unbranched alkanes of at least 4 members (excludes halogenated alkanes) is 1. The van der Waals surface area contributed by atoms with Crippen LogP contribution >= 0.6 is 0 Å². The number of imide groups is 1. The first-order valence-electron chi connectivity index (χ1n) is 10.5. The average Bonchev–Trinajstić information content (AvgIpc) is 3.16. The van der Waals surface area contributed by atoms with Crippen molar-refractivity contribution in [2.24, 2.45) is 0 Å². The van der Waals surface area contributed by atoms with Crippen molar-refractivity contribution in [3.05, 3.63) is 71.3 Å². The summed E-state index contributed by atoms with van der Waals surface area (Å²) in [5.74, 6) is -1.21. The number of halogens is 1. The molecule has 0 radical (unpaired) electrons. The van der Waals surface area contributed by atoms with E-state index >= 15 is 0 Å². The number of Topliss-reactive ketones (excluding diaryl/α,β-unsaturated/α-hetero) is 1. The Morgan fingerprint density at radius 2 is 1.90 bits per heavy atom. The number of ketones is 1. The Labute approximate surface area is 181 Å². The Hall–Kier alpha value is -3.22. The second-order valence-corrected chi connectivity index (χ2v) is 7.94. The molecule has 164 valence electrons. The summed E-state index contributed by atoms with van der Waals surface area (Å²) in [4.78, 5) is 40.2. The second kappa shape index (κ2) is 8.88. The standard InChI is InChI=1S/C24H28FN3O3/c1-5-7-12-24(18-8-10-19(25)11-9-18)22(30)28(23(31)26-24)15-21(29)20-14-16(3)27(13-6-2)17(20)4/h6,8-11,14H,2,5,7,12-13,15H2,1,3-4H3,(H,26,31)/t24-/m1/s1. The molecule has 1 atom stereocenters. The SMILES string of the molecule is C=CCn1c(C)cc(C(=O)CN2C(=O)N[C@](CCCC)(c3ccc(F)cc3)C2=O)c1C. The van der Waals surface area contributed by atoms with Gasteiger partial charge in [-0.3, -0.25) is 14.5 Å². The number of urea groups is 1. The van der Waals surface area contributed by atoms with Gasteiger partial charge >= 0.3 is 6.03 Å². The molecule has 1 aromatic heterocycles. The highest BCUT2D eigenvalue weighted by molar-refractivity contribution is 6.11. The molecule has 3 amide bonds. The fraction of sp³-hybridized carbons (Fsp3) is 0.375. The Morgan fingerprint density at radius 3 is 2.52 bits per heavy atom. The van der Waals surface area contributed by atoms with Crippen LogP contribution in [0.3, 0.4) is 0 Å². The van der Waals surface area contributed by atoms with Crippen molar-refractivity contribution < 1.29 is 18.8 Å². The average molecular weight is 426 g/mol. The molecule has 1 aliphatic heterocycles. The van der Waals surface area contributed by atoms with E-state index in [0.717, 1.165) is 22.7 Å². The van der Waals surface area contributed by atoms with Gasteiger partial charge in [-0.05, 0) is 44.0 Å². The molecule has 0 unspecified atom stereocenters. The minimum absolute atomic E-state index is 0.308. The molecule has 0 aliphatic carbocycles. The van der Waals surface area contributed by atoms with Crippen molar-refractivity contribution in [1.29, 1.82) is 0 Å². The summed E-state index contributed by atoms with van der Waals surface area (Å²) in [6.07, 6.45) is 3.63. The Balaban J connectivity index is 1.91. The molecule has 1 fully saturated rings. The summed E-state index contributed by atoms with van der Waals surface area (Å²) in [7, 11) is 0. The van der Waals surface area contributed by atoms with Crippen LogP contribution in [0, 0.1) is 19.7 Å². The van der Waals surface area contributed by atoms with Gasteiger partial charge in [0.05, 0.1) is 6.54 Å². The molecule has 0 bridgehead atoms. The van der Waals surface area contributed by atoms with E-state index in [0.29, 0.717) is 30.5 Å². The second-order valence-electron chi connectivity index (χ2n) is 7.94. The zero-order chi connectivity index (χ0) is 22.8. The van der Waals surface area contributed by atoms with Crippen LogP contribution in [0.25, 0.3) is 0 Å². The largest absolute Gasteiger partial charge is 0.345 e. The molecule has 2 aromatic rings. The number of hydrogen-bond donors (Lipinski definition) is 1. The van der Waals surface area contributed by atoms with Gasteiger partial charge < -0.3 is 9.88 Å². The molecule has 0 saturated carbocycles. The fourth-order valence-electron chi connectivity index (χ4n) is 4.18. The maximum absolute atomic E-state index is 13.5. The lowest BCUT2D eigenvalue weighted by Gasteiger charge is -2.27. The van der Waals surface area contributed by atoms with Crippen LogP contribution in [0.15, 0.2) is 43.0 Å². The normalized spacial score (nSPS) is 18.4. The summed E-state index contributed by atoms with van der Waals surface area (Å²) >= 11 is 0. The van der Waals surface area contributed by atoms with Gasteiger partial charge in [0.1, 0.15) is 11.4 Å². The molecule has 6 nitrogen and oxygen atoms in total. The lowest BCUT2D eigenvalue weighted by atomic mass is 9.84. The number of carbonyl (C=O) groups is 3. The van der Waals surface area contributed by atoms with Gasteiger partial charge in [-0.1, -0.05) is 38.0 Å². The number of carbonyl (C=O) groups excluding carboxylic acids is 3. The van der Waals surface area contributed by atoms with Crippen molar-refractivity contribution in [3.63, 3.8) is 0 Å². The van der Waals surface area contributed by atoms with Gasteiger partial charge in [-0.15, -0.1) is 6.58 Å². The van der Waals surface area contributed by atoms with Crippen LogP contribution in [0.4, 0.5) is 9.18 Å². The predicted octanol–water partition coefficient (Wildman–Crippen LogP) is 4.25. The molecular weight excluding hydrogens is 397 g/mol. The summed E-state index contributed by atoms with van der Waals surface area (Å²) in [5.41, 5.74) is 1.38. The van der Waals surface area contributed by atoms with Crippen molar-refractivity contribution in [2.45, 2.75) is 52.1 Å². The molecule has 7 heteroatoms. The highest BCUT2D eigenvalue weighted by Gasteiger charge is 2.52. The van der Waals surface area contributed by atoms with Gasteiger partial charge in [0.25, 0.3) is 5.91 Å². The zero-order valence-electron chi connectivity index (χ0n) is 18.2. The van der Waals surface area contributed by atoms with E-state index in [4.69, 9.17) is 0 Å². The molecule has 3 rings (SSSR count). The maximum Gasteiger partial charge on any atom is 0.325 e. The van der Waals surface area contributed by atoms with Crippen LogP contribution in [0.1, 0.15) is 53.5 Å². The molecule has 1 aliphatic rings. The minimum atomic E-state index is -1.29. The number of hydrogen-bond acceptors (Lipinski definition) is 3. The van der Waals surface area contributed by atoms with Gasteiger partial charge in [0.15, 0.2) is 5.78 Å². The number of benzene rings is 1. The summed E-state index contributed by atoms with van der Waals surface area (Å²) in [5, 5.41) is 2.79. The van der Waals surface area contributed by atoms with Crippen LogP contribution in [0.5, 0.6) is 0 Å². The number of allylic oxidation sites excluding steroid dienone is 1. The van der Waals surface area contributed by atoms with E-state index in [9.17, 15) is 18.8 Å². The Kier molecular flexibility index (Phi) is 6.43. The summed E-state index contributed by atoms with van der Waals surface area (Å²) in [6.45, 7) is 9.67. The highest BCUT2D eigenvalue weighted by Crippen LogP contribution is 2.34. The van der Waals surface area contributed by atoms with E-state index in [1.54, 1.807) is 12.1 Å². The lowest BCUT2D eigenvalue weighted by Crippen LogP contribution is -2.44. The third kappa shape index (κ3) is 4.04. The molecule has 0 spiro atoms. The lowest BCUT2D eigenvalue weighted by molar-refractivity contribution is -0.131. The number of rotatable bonds is 9. The first kappa shape index (κ1) is 22.5. The first-order valence-corrected chi connectivity index (χ1v) is 10.5. The monoisotopic (exact) mass is 425 g/mol. The minimum Gasteiger partial charge on any atom is -0.345 e. The van der Waals surface area contributed by atoms with E-state index in [1.165, 1.54) is 24.3 Å². The van der Waals surface area contributed by atoms with Gasteiger partial charge in [-0.2, -0.15) is 0 Å². The van der Waals surface area contributed by atoms with Gasteiger partial charge in [-0.25, -0.2) is 9.18 Å². The third-order valence-corrected chi connectivity index (χ3v) is 5.91. The van der Waals surface area contributed by atoms with Crippen LogP contribution in [-0.2, 0) is 16.9 Å². The topological polar surface area (TPSA) is 71.4 Å². The fourth-order valence-corrected chi connectivity index (χ4v) is 4.18. The molecular formula is C24H28FN3O3. The molecule has 1 N–H and O–H groups in total. The zero-order valence-corrected chi connectivity index (χ0v) is 18.2. The molecule has 2 heterocycles. The van der Waals surface area contributed by atoms with Crippen LogP contribution in [-0.4, -0.2) is 33.7 Å². The Morgan fingerprint density at radius 1 is 1.23 bits per heavy atom. The van der Waals surface area contributed by atoms with E-state index < -0.39 is 23.3 Å². The van der Waals surface area contributed by atoms with Gasteiger partial charge in [0, 0.05) is 23.5 Å². The van der Waals surface area contributed by atoms with Gasteiger partial charge in [0.2, 0.25) is 0 Å². The van der Waals surface area contributed by atoms with Crippen LogP contribution < -0.4 is 5.32 Å². The number of aromatic nitrogens is 1. The van der Waals surface area contributed by atoms with Crippen molar-refractivity contribution in [3.8, 4) is 0 Å². The van der Waals surface area contributed by atoms with Crippen molar-refractivity contribution >= 4 is 17.7 Å². The smallest absolute Gasteiger partial charge is 0.325 e. The summed E-state index contributed by atoms with van der Waals surface area (Å²) < 4.78 is 15.4. The third-order valence-electron chi connectivity index (χ3n) is 5.91. The van der Waals surface area contributed by atoms with Crippen LogP contribution in [0.2, 0.25) is 0 Å². The number of aryl methyl sites for hydroxylation is 1. The summed E-state index contributed by atoms with van der Waals surface area (Å²) in [6, 6.07) is 6.72. The number of nitrogens with zero attached hydrogens (tertiary/aromatic N) is 2. The van der Waals surface area contributed by atoms with E-state index in [2.05, 4.69) is 11.9 Å². The molecule has 1 saturated heterocycles. The molecule has 31 heavy (non-hydrogen) atoms. The first-order chi connectivity index (χ1) is 14.7. The quantitative estimate of drug-likeness (QED) is 0.371. The predicted molar refractivity (Wildman–Crippen MR) is 116 cm³/mol. The van der Waals surface area contributed by atoms with Crippen molar-refractivity contribution in [1.82, 2.24) is 14.8 Å². The Bertz CT molecular complexity index is 1030.